The highest BCUT2D eigenvalue weighted by atomic mass is 16.1. The summed E-state index contributed by atoms with van der Waals surface area (Å²) in [6, 6.07) is 25.2. The van der Waals surface area contributed by atoms with E-state index >= 15 is 0 Å². The average molecular weight is 367 g/mol. The lowest BCUT2D eigenvalue weighted by Gasteiger charge is -2.23. The van der Waals surface area contributed by atoms with E-state index < -0.39 is 0 Å². The molecule has 2 nitrogen and oxygen atoms in total. The highest BCUT2D eigenvalue weighted by Gasteiger charge is 2.32. The second-order valence-corrected chi connectivity index (χ2v) is 8.13. The zero-order valence-electron chi connectivity index (χ0n) is 16.0. The van der Waals surface area contributed by atoms with Gasteiger partial charge in [-0.3, -0.25) is 4.79 Å². The maximum Gasteiger partial charge on any atom is 0.232 e. The van der Waals surface area contributed by atoms with Gasteiger partial charge >= 0.3 is 0 Å². The van der Waals surface area contributed by atoms with Gasteiger partial charge in [-0.25, -0.2) is 0 Å². The number of nitrogens with one attached hydrogen (secondary N) is 1. The summed E-state index contributed by atoms with van der Waals surface area (Å²) in [5.74, 6) is 0.517. The van der Waals surface area contributed by atoms with Crippen LogP contribution in [0, 0.1) is 5.92 Å². The molecule has 28 heavy (non-hydrogen) atoms. The Morgan fingerprint density at radius 2 is 1.54 bits per heavy atom. The molecule has 1 saturated carbocycles. The highest BCUT2D eigenvalue weighted by molar-refractivity contribution is 5.96. The molecule has 1 N–H and O–H groups in total. The maximum absolute atomic E-state index is 13.3. The van der Waals surface area contributed by atoms with E-state index in [9.17, 15) is 4.79 Å². The monoisotopic (exact) mass is 367 g/mol. The van der Waals surface area contributed by atoms with Gasteiger partial charge < -0.3 is 5.32 Å². The van der Waals surface area contributed by atoms with Crippen LogP contribution in [0.15, 0.2) is 72.8 Å². The van der Waals surface area contributed by atoms with E-state index in [2.05, 4.69) is 59.9 Å². The van der Waals surface area contributed by atoms with Gasteiger partial charge in [-0.2, -0.15) is 0 Å². The number of amides is 1. The van der Waals surface area contributed by atoms with Gasteiger partial charge in [0.05, 0.1) is 5.92 Å². The number of hydrogen-bond donors (Lipinski definition) is 1. The molecule has 3 aromatic carbocycles. The Morgan fingerprint density at radius 3 is 2.36 bits per heavy atom. The Morgan fingerprint density at radius 1 is 0.821 bits per heavy atom. The second-order valence-electron chi connectivity index (χ2n) is 8.13. The van der Waals surface area contributed by atoms with Crippen molar-refractivity contribution in [2.45, 2.75) is 38.0 Å². The lowest BCUT2D eigenvalue weighted by Crippen LogP contribution is -2.26. The Balaban J connectivity index is 1.40. The summed E-state index contributed by atoms with van der Waals surface area (Å²) >= 11 is 0. The Kier molecular flexibility index (Phi) is 4.48. The van der Waals surface area contributed by atoms with Crippen LogP contribution in [0.25, 0.3) is 11.1 Å². The van der Waals surface area contributed by atoms with Crippen LogP contribution in [0.1, 0.15) is 48.3 Å². The van der Waals surface area contributed by atoms with Gasteiger partial charge in [0.25, 0.3) is 0 Å². The van der Waals surface area contributed by atoms with Crippen LogP contribution < -0.4 is 5.32 Å². The van der Waals surface area contributed by atoms with E-state index in [4.69, 9.17) is 0 Å². The first kappa shape index (κ1) is 17.2. The fourth-order valence-electron chi connectivity index (χ4n) is 5.03. The quantitative estimate of drug-likeness (QED) is 0.459. The van der Waals surface area contributed by atoms with Gasteiger partial charge in [0, 0.05) is 5.69 Å². The molecule has 0 aromatic heterocycles. The zero-order chi connectivity index (χ0) is 18.9. The number of rotatable bonds is 4. The molecular formula is C26H25NO. The van der Waals surface area contributed by atoms with Gasteiger partial charge in [0.1, 0.15) is 0 Å². The van der Waals surface area contributed by atoms with Crippen LogP contribution in [0.4, 0.5) is 5.69 Å². The number of benzene rings is 3. The molecule has 0 spiro atoms. The molecule has 140 valence electrons. The van der Waals surface area contributed by atoms with Crippen molar-refractivity contribution >= 4 is 11.6 Å². The van der Waals surface area contributed by atoms with E-state index in [1.807, 2.05) is 18.2 Å². The van der Waals surface area contributed by atoms with Crippen molar-refractivity contribution in [2.24, 2.45) is 5.92 Å². The fourth-order valence-corrected chi connectivity index (χ4v) is 5.03. The first-order valence-electron chi connectivity index (χ1n) is 10.4. The lowest BCUT2D eigenvalue weighted by atomic mass is 9.84. The molecule has 3 aromatic rings. The summed E-state index contributed by atoms with van der Waals surface area (Å²) in [6.45, 7) is 0. The number of hydrogen-bond acceptors (Lipinski definition) is 1. The van der Waals surface area contributed by atoms with Crippen molar-refractivity contribution in [2.75, 3.05) is 5.32 Å². The van der Waals surface area contributed by atoms with E-state index in [0.717, 1.165) is 30.5 Å². The van der Waals surface area contributed by atoms with Crippen LogP contribution in [0.5, 0.6) is 0 Å². The Bertz CT molecular complexity index is 1000. The smallest absolute Gasteiger partial charge is 0.232 e. The standard InChI is InChI=1S/C26H25NO/c28-26(25(19-10-4-5-11-19)18-8-2-1-3-9-18)27-22-14-15-24-21(17-22)16-20-12-6-7-13-23(20)24/h1-3,6-9,12-15,17,19,25H,4-5,10-11,16H2,(H,27,28). The summed E-state index contributed by atoms with van der Waals surface area (Å²) in [5.41, 5.74) is 7.34. The van der Waals surface area contributed by atoms with E-state index in [1.54, 1.807) is 0 Å². The first-order chi connectivity index (χ1) is 13.8. The van der Waals surface area contributed by atoms with Gasteiger partial charge in [-0.05, 0) is 65.1 Å². The Labute approximate surface area is 166 Å². The van der Waals surface area contributed by atoms with Crippen LogP contribution in [-0.2, 0) is 11.2 Å². The van der Waals surface area contributed by atoms with Gasteiger partial charge in [0.2, 0.25) is 5.91 Å². The molecular weight excluding hydrogens is 342 g/mol. The number of anilines is 1. The molecule has 2 aliphatic rings. The van der Waals surface area contributed by atoms with Gasteiger partial charge in [-0.15, -0.1) is 0 Å². The third-order valence-corrected chi connectivity index (χ3v) is 6.37. The highest BCUT2D eigenvalue weighted by Crippen LogP contribution is 2.40. The molecule has 2 heteroatoms. The van der Waals surface area contributed by atoms with Crippen LogP contribution in [0.3, 0.4) is 0 Å². The van der Waals surface area contributed by atoms with Crippen LogP contribution in [-0.4, -0.2) is 5.91 Å². The van der Waals surface area contributed by atoms with Crippen molar-refractivity contribution in [3.63, 3.8) is 0 Å². The van der Waals surface area contributed by atoms with Crippen molar-refractivity contribution in [3.05, 3.63) is 89.5 Å². The molecule has 5 rings (SSSR count). The SMILES string of the molecule is O=C(Nc1ccc2c(c1)Cc1ccccc1-2)C(c1ccccc1)C1CCCC1. The molecule has 0 aliphatic heterocycles. The van der Waals surface area contributed by atoms with Gasteiger partial charge in [-0.1, -0.05) is 73.5 Å². The van der Waals surface area contributed by atoms with E-state index in [-0.39, 0.29) is 11.8 Å². The lowest BCUT2D eigenvalue weighted by molar-refractivity contribution is -0.118. The number of carbonyl (C=O) groups excluding carboxylic acids is 1. The third kappa shape index (κ3) is 3.13. The van der Waals surface area contributed by atoms with Crippen molar-refractivity contribution in [3.8, 4) is 11.1 Å². The van der Waals surface area contributed by atoms with Crippen molar-refractivity contribution in [1.82, 2.24) is 0 Å². The molecule has 0 bridgehead atoms. The topological polar surface area (TPSA) is 29.1 Å². The Hall–Kier alpha value is -2.87. The predicted octanol–water partition coefficient (Wildman–Crippen LogP) is 6.17. The second kappa shape index (κ2) is 7.27. The minimum atomic E-state index is -0.0610. The van der Waals surface area contributed by atoms with E-state index in [0.29, 0.717) is 5.92 Å². The number of carbonyl (C=O) groups is 1. The van der Waals surface area contributed by atoms with Crippen molar-refractivity contribution < 1.29 is 4.79 Å². The third-order valence-electron chi connectivity index (χ3n) is 6.37. The molecule has 1 unspecified atom stereocenters. The van der Waals surface area contributed by atoms with Gasteiger partial charge in [0.15, 0.2) is 0 Å². The average Bonchev–Trinajstić information content (AvgIpc) is 3.36. The maximum atomic E-state index is 13.3. The fraction of sp³-hybridized carbons (Fsp3) is 0.269. The minimum Gasteiger partial charge on any atom is -0.326 e. The summed E-state index contributed by atoms with van der Waals surface area (Å²) in [5, 5.41) is 3.23. The largest absolute Gasteiger partial charge is 0.326 e. The molecule has 1 amide bonds. The first-order valence-corrected chi connectivity index (χ1v) is 10.4. The minimum absolute atomic E-state index is 0.0610. The van der Waals surface area contributed by atoms with Crippen molar-refractivity contribution in [1.29, 1.82) is 0 Å². The predicted molar refractivity (Wildman–Crippen MR) is 114 cm³/mol. The van der Waals surface area contributed by atoms with Crippen LogP contribution in [0.2, 0.25) is 0 Å². The van der Waals surface area contributed by atoms with Crippen LogP contribution >= 0.6 is 0 Å². The molecule has 0 heterocycles. The normalized spacial score (nSPS) is 16.4. The van der Waals surface area contributed by atoms with E-state index in [1.165, 1.54) is 35.1 Å². The molecule has 0 saturated heterocycles. The summed E-state index contributed by atoms with van der Waals surface area (Å²) in [4.78, 5) is 13.3. The molecule has 1 fully saturated rings. The number of fused-ring (bicyclic) bond motifs is 3. The molecule has 1 atom stereocenters. The summed E-state index contributed by atoms with van der Waals surface area (Å²) in [7, 11) is 0. The molecule has 2 aliphatic carbocycles. The summed E-state index contributed by atoms with van der Waals surface area (Å²) in [6.07, 6.45) is 5.70. The summed E-state index contributed by atoms with van der Waals surface area (Å²) < 4.78 is 0. The zero-order valence-corrected chi connectivity index (χ0v) is 16.0. The molecule has 0 radical (unpaired) electrons.